The van der Waals surface area contributed by atoms with E-state index in [1.807, 2.05) is 6.92 Å². The predicted molar refractivity (Wildman–Crippen MR) is 78.2 cm³/mol. The Morgan fingerprint density at radius 1 is 1.25 bits per heavy atom. The molecular weight excluding hydrogens is 276 g/mol. The predicted octanol–water partition coefficient (Wildman–Crippen LogP) is 1.73. The molecule has 2 aromatic rings. The molecule has 0 aliphatic carbocycles. The van der Waals surface area contributed by atoms with Gasteiger partial charge in [0, 0.05) is 26.0 Å². The molecule has 2 aromatic heterocycles. The Morgan fingerprint density at radius 3 is 2.60 bits per heavy atom. The van der Waals surface area contributed by atoms with Gasteiger partial charge in [-0.05, 0) is 31.2 Å². The maximum Gasteiger partial charge on any atom is 0.265 e. The van der Waals surface area contributed by atoms with Crippen LogP contribution in [0.5, 0.6) is 0 Å². The van der Waals surface area contributed by atoms with E-state index in [-0.39, 0.29) is 4.90 Å². The van der Waals surface area contributed by atoms with Gasteiger partial charge in [0.25, 0.3) is 10.0 Å². The zero-order valence-electron chi connectivity index (χ0n) is 11.3. The Kier molecular flexibility index (Phi) is 4.19. The van der Waals surface area contributed by atoms with Crippen LogP contribution in [0.15, 0.2) is 47.8 Å². The molecular formula is C13H16N4O2S. The van der Waals surface area contributed by atoms with Crippen molar-refractivity contribution in [3.8, 4) is 0 Å². The van der Waals surface area contributed by atoms with Crippen LogP contribution in [0.4, 0.5) is 11.5 Å². The molecule has 0 aliphatic rings. The van der Waals surface area contributed by atoms with Crippen LogP contribution in [-0.4, -0.2) is 32.0 Å². The Hall–Kier alpha value is -2.15. The van der Waals surface area contributed by atoms with Crippen LogP contribution in [0.2, 0.25) is 0 Å². The lowest BCUT2D eigenvalue weighted by atomic mass is 10.4. The third-order valence-electron chi connectivity index (χ3n) is 2.76. The highest BCUT2D eigenvalue weighted by molar-refractivity contribution is 7.92. The number of nitrogens with one attached hydrogen (secondary N) is 1. The van der Waals surface area contributed by atoms with Crippen LogP contribution in [-0.2, 0) is 10.0 Å². The van der Waals surface area contributed by atoms with E-state index in [0.717, 1.165) is 6.54 Å². The second-order valence-corrected chi connectivity index (χ2v) is 6.06. The largest absolute Gasteiger partial charge is 0.370 e. The second kappa shape index (κ2) is 5.87. The SMILES string of the molecule is CCNc1ccc(S(=O)(=O)N(C)c2cccnc2)cn1. The number of rotatable bonds is 5. The average molecular weight is 292 g/mol. The Morgan fingerprint density at radius 2 is 2.05 bits per heavy atom. The third-order valence-corrected chi connectivity index (χ3v) is 4.53. The van der Waals surface area contributed by atoms with Gasteiger partial charge in [-0.3, -0.25) is 9.29 Å². The highest BCUT2D eigenvalue weighted by Crippen LogP contribution is 2.20. The summed E-state index contributed by atoms with van der Waals surface area (Å²) in [4.78, 5) is 8.14. The monoisotopic (exact) mass is 292 g/mol. The molecule has 0 radical (unpaired) electrons. The molecule has 0 spiro atoms. The van der Waals surface area contributed by atoms with Crippen molar-refractivity contribution in [2.45, 2.75) is 11.8 Å². The molecule has 7 heteroatoms. The van der Waals surface area contributed by atoms with Gasteiger partial charge >= 0.3 is 0 Å². The first-order valence-corrected chi connectivity index (χ1v) is 7.58. The minimum Gasteiger partial charge on any atom is -0.370 e. The normalized spacial score (nSPS) is 11.1. The van der Waals surface area contributed by atoms with E-state index >= 15 is 0 Å². The van der Waals surface area contributed by atoms with E-state index in [2.05, 4.69) is 15.3 Å². The number of aromatic nitrogens is 2. The van der Waals surface area contributed by atoms with Gasteiger partial charge in [-0.1, -0.05) is 0 Å². The van der Waals surface area contributed by atoms with Crippen molar-refractivity contribution in [2.75, 3.05) is 23.2 Å². The Labute approximate surface area is 118 Å². The summed E-state index contributed by atoms with van der Waals surface area (Å²) in [6, 6.07) is 6.56. The minimum absolute atomic E-state index is 0.144. The molecule has 0 aromatic carbocycles. The molecule has 0 unspecified atom stereocenters. The minimum atomic E-state index is -3.62. The van der Waals surface area contributed by atoms with E-state index in [4.69, 9.17) is 0 Å². The maximum absolute atomic E-state index is 12.4. The smallest absolute Gasteiger partial charge is 0.265 e. The quantitative estimate of drug-likeness (QED) is 0.908. The number of sulfonamides is 1. The summed E-state index contributed by atoms with van der Waals surface area (Å²) in [5, 5.41) is 3.02. The van der Waals surface area contributed by atoms with Crippen LogP contribution < -0.4 is 9.62 Å². The fourth-order valence-corrected chi connectivity index (χ4v) is 2.78. The molecule has 0 saturated heterocycles. The Balaban J connectivity index is 2.30. The van der Waals surface area contributed by atoms with Crippen molar-refractivity contribution in [3.63, 3.8) is 0 Å². The van der Waals surface area contributed by atoms with Crippen molar-refractivity contribution in [2.24, 2.45) is 0 Å². The number of anilines is 2. The van der Waals surface area contributed by atoms with Crippen LogP contribution in [0.25, 0.3) is 0 Å². The summed E-state index contributed by atoms with van der Waals surface area (Å²) < 4.78 is 26.1. The van der Waals surface area contributed by atoms with E-state index < -0.39 is 10.0 Å². The van der Waals surface area contributed by atoms with Crippen molar-refractivity contribution in [1.29, 1.82) is 0 Å². The van der Waals surface area contributed by atoms with Gasteiger partial charge in [-0.2, -0.15) is 0 Å². The summed E-state index contributed by atoms with van der Waals surface area (Å²) in [6.45, 7) is 2.68. The maximum atomic E-state index is 12.4. The van der Waals surface area contributed by atoms with Gasteiger partial charge in [0.15, 0.2) is 0 Å². The summed E-state index contributed by atoms with van der Waals surface area (Å²) in [6.07, 6.45) is 4.44. The fourth-order valence-electron chi connectivity index (χ4n) is 1.66. The van der Waals surface area contributed by atoms with Crippen molar-refractivity contribution >= 4 is 21.5 Å². The summed E-state index contributed by atoms with van der Waals surface area (Å²) in [5.41, 5.74) is 0.503. The molecule has 0 fully saturated rings. The van der Waals surface area contributed by atoms with E-state index in [9.17, 15) is 8.42 Å². The molecule has 1 N–H and O–H groups in total. The van der Waals surface area contributed by atoms with Crippen molar-refractivity contribution < 1.29 is 8.42 Å². The van der Waals surface area contributed by atoms with Gasteiger partial charge in [0.2, 0.25) is 0 Å². The van der Waals surface area contributed by atoms with Gasteiger partial charge in [-0.15, -0.1) is 0 Å². The molecule has 106 valence electrons. The lowest BCUT2D eigenvalue weighted by Crippen LogP contribution is -2.26. The van der Waals surface area contributed by atoms with Crippen molar-refractivity contribution in [1.82, 2.24) is 9.97 Å². The van der Waals surface area contributed by atoms with E-state index in [1.54, 1.807) is 24.4 Å². The zero-order chi connectivity index (χ0) is 14.6. The lowest BCUT2D eigenvalue weighted by Gasteiger charge is -2.18. The van der Waals surface area contributed by atoms with Crippen LogP contribution in [0.3, 0.4) is 0 Å². The summed E-state index contributed by atoms with van der Waals surface area (Å²) in [7, 11) is -2.13. The molecule has 20 heavy (non-hydrogen) atoms. The average Bonchev–Trinajstić information content (AvgIpc) is 2.48. The number of pyridine rings is 2. The molecule has 0 atom stereocenters. The van der Waals surface area contributed by atoms with Crippen LogP contribution in [0, 0.1) is 0 Å². The molecule has 2 heterocycles. The van der Waals surface area contributed by atoms with E-state index in [1.165, 1.54) is 29.8 Å². The molecule has 0 saturated carbocycles. The zero-order valence-corrected chi connectivity index (χ0v) is 12.1. The highest BCUT2D eigenvalue weighted by Gasteiger charge is 2.21. The van der Waals surface area contributed by atoms with Gasteiger partial charge in [-0.25, -0.2) is 13.4 Å². The molecule has 0 bridgehead atoms. The molecule has 2 rings (SSSR count). The first kappa shape index (κ1) is 14.3. The van der Waals surface area contributed by atoms with Gasteiger partial charge in [0.1, 0.15) is 10.7 Å². The summed E-state index contributed by atoms with van der Waals surface area (Å²) in [5.74, 6) is 0.649. The van der Waals surface area contributed by atoms with Gasteiger partial charge in [0.05, 0.1) is 11.9 Å². The standard InChI is InChI=1S/C13H16N4O2S/c1-3-15-13-7-6-12(10-16-13)20(18,19)17(2)11-5-4-8-14-9-11/h4-10H,3H2,1-2H3,(H,15,16). The topological polar surface area (TPSA) is 75.2 Å². The van der Waals surface area contributed by atoms with Crippen molar-refractivity contribution in [3.05, 3.63) is 42.9 Å². The number of nitrogens with zero attached hydrogens (tertiary/aromatic N) is 3. The molecule has 0 amide bonds. The molecule has 0 aliphatic heterocycles. The first-order valence-electron chi connectivity index (χ1n) is 6.14. The van der Waals surface area contributed by atoms with Crippen LogP contribution >= 0.6 is 0 Å². The first-order chi connectivity index (χ1) is 9.55. The number of hydrogen-bond donors (Lipinski definition) is 1. The Bertz CT molecular complexity index is 657. The second-order valence-electron chi connectivity index (χ2n) is 4.09. The van der Waals surface area contributed by atoms with Gasteiger partial charge < -0.3 is 5.32 Å². The molecule has 6 nitrogen and oxygen atoms in total. The summed E-state index contributed by atoms with van der Waals surface area (Å²) >= 11 is 0. The number of hydrogen-bond acceptors (Lipinski definition) is 5. The van der Waals surface area contributed by atoms with E-state index in [0.29, 0.717) is 11.5 Å². The lowest BCUT2D eigenvalue weighted by molar-refractivity contribution is 0.594. The van der Waals surface area contributed by atoms with Crippen LogP contribution in [0.1, 0.15) is 6.92 Å². The fraction of sp³-hybridized carbons (Fsp3) is 0.231. The third kappa shape index (κ3) is 2.88. The highest BCUT2D eigenvalue weighted by atomic mass is 32.2.